The summed E-state index contributed by atoms with van der Waals surface area (Å²) in [6, 6.07) is 7.41. The van der Waals surface area contributed by atoms with E-state index in [2.05, 4.69) is 9.71 Å². The number of aryl methyl sites for hydroxylation is 1. The number of nitrogen functional groups attached to an aromatic ring is 1. The summed E-state index contributed by atoms with van der Waals surface area (Å²) in [5.74, 6) is -0.876. The molecule has 1 heterocycles. The quantitative estimate of drug-likeness (QED) is 0.825. The summed E-state index contributed by atoms with van der Waals surface area (Å²) in [5, 5.41) is 0. The fourth-order valence-electron chi connectivity index (χ4n) is 2.00. The smallest absolute Gasteiger partial charge is 0.245 e. The Hall–Kier alpha value is -1.99. The van der Waals surface area contributed by atoms with Gasteiger partial charge in [-0.25, -0.2) is 17.5 Å². The van der Waals surface area contributed by atoms with Gasteiger partial charge in [0.2, 0.25) is 10.0 Å². The van der Waals surface area contributed by atoms with Crippen LogP contribution in [0.4, 0.5) is 10.1 Å². The van der Waals surface area contributed by atoms with Crippen LogP contribution in [0, 0.1) is 5.82 Å². The first-order valence-electron chi connectivity index (χ1n) is 6.42. The summed E-state index contributed by atoms with van der Waals surface area (Å²) in [4.78, 5) is 3.61. The molecule has 0 aliphatic rings. The number of benzene rings is 1. The van der Waals surface area contributed by atoms with Gasteiger partial charge >= 0.3 is 0 Å². The van der Waals surface area contributed by atoms with Gasteiger partial charge in [-0.2, -0.15) is 0 Å². The number of hydrogen-bond donors (Lipinski definition) is 2. The molecule has 7 heteroatoms. The van der Waals surface area contributed by atoms with Crippen LogP contribution in [0.2, 0.25) is 0 Å². The highest BCUT2D eigenvalue weighted by Crippen LogP contribution is 2.21. The third-order valence-corrected chi connectivity index (χ3v) is 4.55. The van der Waals surface area contributed by atoms with E-state index in [0.717, 1.165) is 18.1 Å². The van der Waals surface area contributed by atoms with Gasteiger partial charge in [0.1, 0.15) is 10.7 Å². The minimum absolute atomic E-state index is 0.0138. The highest BCUT2D eigenvalue weighted by Gasteiger charge is 2.22. The lowest BCUT2D eigenvalue weighted by Gasteiger charge is -2.11. The van der Waals surface area contributed by atoms with Gasteiger partial charge in [-0.1, -0.05) is 19.1 Å². The first-order chi connectivity index (χ1) is 9.95. The van der Waals surface area contributed by atoms with E-state index < -0.39 is 20.7 Å². The van der Waals surface area contributed by atoms with Crippen molar-refractivity contribution < 1.29 is 12.8 Å². The van der Waals surface area contributed by atoms with Crippen molar-refractivity contribution in [2.75, 3.05) is 5.73 Å². The zero-order valence-electron chi connectivity index (χ0n) is 11.5. The fraction of sp³-hybridized carbons (Fsp3) is 0.214. The molecule has 1 aromatic carbocycles. The normalized spacial score (nSPS) is 11.5. The van der Waals surface area contributed by atoms with Gasteiger partial charge in [0.25, 0.3) is 0 Å². The molecule has 0 aliphatic carbocycles. The van der Waals surface area contributed by atoms with Crippen molar-refractivity contribution in [3.05, 3.63) is 53.6 Å². The number of halogens is 1. The lowest BCUT2D eigenvalue weighted by Crippen LogP contribution is -2.26. The zero-order valence-corrected chi connectivity index (χ0v) is 12.3. The van der Waals surface area contributed by atoms with Crippen LogP contribution in [0.1, 0.15) is 18.2 Å². The summed E-state index contributed by atoms with van der Waals surface area (Å²) in [6.07, 6.45) is 2.31. The highest BCUT2D eigenvalue weighted by molar-refractivity contribution is 7.89. The number of anilines is 1. The molecule has 0 unspecified atom stereocenters. The van der Waals surface area contributed by atoms with Crippen molar-refractivity contribution >= 4 is 15.7 Å². The van der Waals surface area contributed by atoms with E-state index in [4.69, 9.17) is 5.73 Å². The number of aromatic nitrogens is 1. The van der Waals surface area contributed by atoms with Crippen molar-refractivity contribution in [3.8, 4) is 0 Å². The number of nitrogens with one attached hydrogen (secondary N) is 1. The van der Waals surface area contributed by atoms with Crippen molar-refractivity contribution in [2.24, 2.45) is 0 Å². The van der Waals surface area contributed by atoms with E-state index >= 15 is 0 Å². The second-order valence-electron chi connectivity index (χ2n) is 4.45. The van der Waals surface area contributed by atoms with Gasteiger partial charge in [-0.15, -0.1) is 0 Å². The monoisotopic (exact) mass is 309 g/mol. The fourth-order valence-corrected chi connectivity index (χ4v) is 3.17. The summed E-state index contributed by atoms with van der Waals surface area (Å²) >= 11 is 0. The molecular formula is C14H16FN3O2S. The summed E-state index contributed by atoms with van der Waals surface area (Å²) in [7, 11) is -4.03. The number of rotatable bonds is 5. The maximum Gasteiger partial charge on any atom is 0.245 e. The molecule has 5 nitrogen and oxygen atoms in total. The van der Waals surface area contributed by atoms with E-state index in [0.29, 0.717) is 5.69 Å². The molecule has 21 heavy (non-hydrogen) atoms. The van der Waals surface area contributed by atoms with E-state index in [9.17, 15) is 12.8 Å². The molecule has 0 radical (unpaired) electrons. The van der Waals surface area contributed by atoms with Crippen LogP contribution < -0.4 is 10.5 Å². The predicted octanol–water partition coefficient (Wildman–Crippen LogP) is 1.84. The van der Waals surface area contributed by atoms with Crippen molar-refractivity contribution in [3.63, 3.8) is 0 Å². The number of nitrogens with two attached hydrogens (primary N) is 1. The van der Waals surface area contributed by atoms with Crippen LogP contribution >= 0.6 is 0 Å². The first-order valence-corrected chi connectivity index (χ1v) is 7.90. The van der Waals surface area contributed by atoms with Crippen LogP contribution in [0.5, 0.6) is 0 Å². The molecule has 0 bridgehead atoms. The molecule has 2 rings (SSSR count). The number of nitrogens with zero attached hydrogens (tertiary/aromatic N) is 1. The Morgan fingerprint density at radius 1 is 1.29 bits per heavy atom. The van der Waals surface area contributed by atoms with Crippen LogP contribution in [-0.2, 0) is 23.0 Å². The maximum atomic E-state index is 13.7. The molecule has 0 saturated heterocycles. The molecule has 0 saturated carbocycles. The van der Waals surface area contributed by atoms with Crippen molar-refractivity contribution in [2.45, 2.75) is 24.8 Å². The molecule has 2 aromatic rings. The third-order valence-electron chi connectivity index (χ3n) is 3.06. The van der Waals surface area contributed by atoms with Crippen LogP contribution in [-0.4, -0.2) is 13.4 Å². The Bertz CT molecular complexity index is 727. The molecular weight excluding hydrogens is 293 g/mol. The van der Waals surface area contributed by atoms with Crippen LogP contribution in [0.15, 0.2) is 41.4 Å². The van der Waals surface area contributed by atoms with Gasteiger partial charge in [-0.3, -0.25) is 4.98 Å². The topological polar surface area (TPSA) is 85.1 Å². The second-order valence-corrected chi connectivity index (χ2v) is 6.15. The Labute approximate surface area is 123 Å². The molecule has 0 aliphatic heterocycles. The number of sulfonamides is 1. The Balaban J connectivity index is 2.27. The van der Waals surface area contributed by atoms with Gasteiger partial charge in [0.05, 0.1) is 17.9 Å². The minimum atomic E-state index is -4.03. The summed E-state index contributed by atoms with van der Waals surface area (Å²) < 4.78 is 40.4. The Morgan fingerprint density at radius 3 is 2.71 bits per heavy atom. The zero-order chi connectivity index (χ0) is 15.5. The lowest BCUT2D eigenvalue weighted by atomic mass is 10.1. The largest absolute Gasteiger partial charge is 0.398 e. The van der Waals surface area contributed by atoms with Gasteiger partial charge in [-0.05, 0) is 30.2 Å². The molecule has 0 fully saturated rings. The lowest BCUT2D eigenvalue weighted by molar-refractivity contribution is 0.557. The Morgan fingerprint density at radius 2 is 2.05 bits per heavy atom. The van der Waals surface area contributed by atoms with Gasteiger partial charge in [0, 0.05) is 6.20 Å². The second kappa shape index (κ2) is 6.19. The summed E-state index contributed by atoms with van der Waals surface area (Å²) in [6.45, 7) is 1.93. The average molecular weight is 309 g/mol. The number of hydrogen-bond acceptors (Lipinski definition) is 4. The van der Waals surface area contributed by atoms with Crippen molar-refractivity contribution in [1.29, 1.82) is 0 Å². The standard InChI is InChI=1S/C14H16FN3O2S/c1-2-10-5-4-8-17-13(10)9-18-21(19,20)14-11(15)6-3-7-12(14)16/h3-8,18H,2,9,16H2,1H3. The molecule has 1 aromatic heterocycles. The maximum absolute atomic E-state index is 13.7. The summed E-state index contributed by atoms with van der Waals surface area (Å²) in [5.41, 5.74) is 6.97. The highest BCUT2D eigenvalue weighted by atomic mass is 32.2. The molecule has 112 valence electrons. The van der Waals surface area contributed by atoms with Gasteiger partial charge < -0.3 is 5.73 Å². The van der Waals surface area contributed by atoms with E-state index in [1.807, 2.05) is 13.0 Å². The van der Waals surface area contributed by atoms with Gasteiger partial charge in [0.15, 0.2) is 0 Å². The minimum Gasteiger partial charge on any atom is -0.398 e. The predicted molar refractivity (Wildman–Crippen MR) is 78.5 cm³/mol. The molecule has 0 amide bonds. The van der Waals surface area contributed by atoms with E-state index in [1.165, 1.54) is 12.1 Å². The van der Waals surface area contributed by atoms with E-state index in [1.54, 1.807) is 12.3 Å². The third kappa shape index (κ3) is 3.37. The first kappa shape index (κ1) is 15.4. The molecule has 0 spiro atoms. The molecule has 0 atom stereocenters. The average Bonchev–Trinajstić information content (AvgIpc) is 2.45. The number of pyridine rings is 1. The van der Waals surface area contributed by atoms with Crippen LogP contribution in [0.3, 0.4) is 0 Å². The molecule has 3 N–H and O–H groups in total. The SMILES string of the molecule is CCc1cccnc1CNS(=O)(=O)c1c(N)cccc1F. The van der Waals surface area contributed by atoms with E-state index in [-0.39, 0.29) is 12.2 Å². The van der Waals surface area contributed by atoms with Crippen LogP contribution in [0.25, 0.3) is 0 Å². The Kier molecular flexibility index (Phi) is 4.54. The van der Waals surface area contributed by atoms with Crippen molar-refractivity contribution in [1.82, 2.24) is 9.71 Å².